The molecule has 1 aromatic heterocycles. The molecular weight excluding hydrogens is 148 g/mol. The van der Waals surface area contributed by atoms with E-state index in [0.717, 1.165) is 25.0 Å². The van der Waals surface area contributed by atoms with Crippen molar-refractivity contribution < 1.29 is 0 Å². The van der Waals surface area contributed by atoms with Gasteiger partial charge in [-0.2, -0.15) is 0 Å². The van der Waals surface area contributed by atoms with Gasteiger partial charge in [0.1, 0.15) is 0 Å². The maximum atomic E-state index is 6.01. The van der Waals surface area contributed by atoms with Gasteiger partial charge < -0.3 is 5.73 Å². The molecule has 1 saturated carbocycles. The molecule has 64 valence electrons. The Kier molecular flexibility index (Phi) is 1.65. The molecule has 1 aliphatic rings. The number of pyridine rings is 1. The molecule has 1 fully saturated rings. The van der Waals surface area contributed by atoms with Crippen LogP contribution >= 0.6 is 0 Å². The molecule has 0 atom stereocenters. The van der Waals surface area contributed by atoms with E-state index in [2.05, 4.69) is 18.0 Å². The first-order valence-corrected chi connectivity index (χ1v) is 4.39. The van der Waals surface area contributed by atoms with Crippen molar-refractivity contribution in [3.05, 3.63) is 29.6 Å². The Hall–Kier alpha value is -0.890. The third-order valence-electron chi connectivity index (χ3n) is 2.53. The molecule has 1 aliphatic carbocycles. The van der Waals surface area contributed by atoms with E-state index in [9.17, 15) is 0 Å². The molecule has 2 nitrogen and oxygen atoms in total. The molecule has 0 radical (unpaired) electrons. The summed E-state index contributed by atoms with van der Waals surface area (Å²) in [5.41, 5.74) is 8.51. The largest absolute Gasteiger partial charge is 0.325 e. The molecule has 0 saturated heterocycles. The molecule has 0 spiro atoms. The van der Waals surface area contributed by atoms with Gasteiger partial charge in [-0.1, -0.05) is 6.07 Å². The van der Waals surface area contributed by atoms with Crippen LogP contribution in [0.2, 0.25) is 0 Å². The summed E-state index contributed by atoms with van der Waals surface area (Å²) in [6.45, 7) is 2.09. The van der Waals surface area contributed by atoms with Crippen LogP contribution in [-0.4, -0.2) is 10.5 Å². The molecule has 1 aromatic rings. The highest BCUT2D eigenvalue weighted by Crippen LogP contribution is 2.35. The van der Waals surface area contributed by atoms with Crippen LogP contribution in [0.4, 0.5) is 0 Å². The normalized spacial score (nSPS) is 19.2. The smallest absolute Gasteiger partial charge is 0.0451 e. The zero-order valence-electron chi connectivity index (χ0n) is 7.38. The van der Waals surface area contributed by atoms with Crippen LogP contribution in [0.25, 0.3) is 0 Å². The topological polar surface area (TPSA) is 38.9 Å². The second-order valence-corrected chi connectivity index (χ2v) is 3.81. The van der Waals surface area contributed by atoms with E-state index in [1.54, 1.807) is 0 Å². The van der Waals surface area contributed by atoms with Gasteiger partial charge in [0.05, 0.1) is 0 Å². The molecule has 12 heavy (non-hydrogen) atoms. The Morgan fingerprint density at radius 2 is 2.33 bits per heavy atom. The van der Waals surface area contributed by atoms with E-state index in [-0.39, 0.29) is 5.54 Å². The van der Waals surface area contributed by atoms with E-state index in [1.807, 2.05) is 12.3 Å². The molecule has 2 rings (SSSR count). The average molecular weight is 162 g/mol. The minimum Gasteiger partial charge on any atom is -0.325 e. The summed E-state index contributed by atoms with van der Waals surface area (Å²) in [5.74, 6) is 0. The second-order valence-electron chi connectivity index (χ2n) is 3.81. The van der Waals surface area contributed by atoms with Crippen LogP contribution < -0.4 is 5.73 Å². The van der Waals surface area contributed by atoms with Gasteiger partial charge in [0.15, 0.2) is 0 Å². The summed E-state index contributed by atoms with van der Waals surface area (Å²) >= 11 is 0. The monoisotopic (exact) mass is 162 g/mol. The minimum atomic E-state index is 0.0825. The van der Waals surface area contributed by atoms with Crippen molar-refractivity contribution >= 4 is 0 Å². The summed E-state index contributed by atoms with van der Waals surface area (Å²) in [7, 11) is 0. The number of aryl methyl sites for hydroxylation is 1. The van der Waals surface area contributed by atoms with Crippen LogP contribution in [0.3, 0.4) is 0 Å². The number of aromatic nitrogens is 1. The Labute approximate surface area is 72.8 Å². The van der Waals surface area contributed by atoms with Crippen molar-refractivity contribution in [1.82, 2.24) is 4.98 Å². The van der Waals surface area contributed by atoms with Crippen LogP contribution in [0.15, 0.2) is 18.3 Å². The van der Waals surface area contributed by atoms with Gasteiger partial charge in [0, 0.05) is 23.9 Å². The van der Waals surface area contributed by atoms with Gasteiger partial charge in [-0.15, -0.1) is 0 Å². The van der Waals surface area contributed by atoms with Crippen molar-refractivity contribution in [2.45, 2.75) is 31.7 Å². The van der Waals surface area contributed by atoms with Gasteiger partial charge in [0.2, 0.25) is 0 Å². The Balaban J connectivity index is 2.17. The van der Waals surface area contributed by atoms with Gasteiger partial charge in [0.25, 0.3) is 0 Å². The van der Waals surface area contributed by atoms with E-state index in [4.69, 9.17) is 5.73 Å². The predicted molar refractivity (Wildman–Crippen MR) is 48.8 cm³/mol. The number of hydrogen-bond acceptors (Lipinski definition) is 2. The van der Waals surface area contributed by atoms with Crippen LogP contribution in [0.1, 0.15) is 24.1 Å². The lowest BCUT2D eigenvalue weighted by Crippen LogP contribution is -2.25. The van der Waals surface area contributed by atoms with E-state index < -0.39 is 0 Å². The summed E-state index contributed by atoms with van der Waals surface area (Å²) in [6, 6.07) is 4.06. The van der Waals surface area contributed by atoms with Crippen molar-refractivity contribution in [1.29, 1.82) is 0 Å². The lowest BCUT2D eigenvalue weighted by atomic mass is 10.1. The van der Waals surface area contributed by atoms with Crippen LogP contribution in [0.5, 0.6) is 0 Å². The fraction of sp³-hybridized carbons (Fsp3) is 0.500. The first-order valence-electron chi connectivity index (χ1n) is 4.39. The maximum absolute atomic E-state index is 6.01. The number of nitrogens with two attached hydrogens (primary N) is 1. The first-order chi connectivity index (χ1) is 5.70. The Morgan fingerprint density at radius 3 is 2.92 bits per heavy atom. The highest BCUT2D eigenvalue weighted by Gasteiger charge is 2.38. The molecule has 2 N–H and O–H groups in total. The SMILES string of the molecule is Cc1cccnc1CC1(N)CC1. The fourth-order valence-electron chi connectivity index (χ4n) is 1.37. The minimum absolute atomic E-state index is 0.0825. The molecule has 0 bridgehead atoms. The maximum Gasteiger partial charge on any atom is 0.0451 e. The van der Waals surface area contributed by atoms with E-state index in [1.165, 1.54) is 5.56 Å². The standard InChI is InChI=1S/C10H14N2/c1-8-3-2-6-12-9(8)7-10(11)4-5-10/h2-3,6H,4-5,7,11H2,1H3. The third-order valence-corrected chi connectivity index (χ3v) is 2.53. The summed E-state index contributed by atoms with van der Waals surface area (Å²) in [5, 5.41) is 0. The van der Waals surface area contributed by atoms with E-state index >= 15 is 0 Å². The van der Waals surface area contributed by atoms with Gasteiger partial charge in [-0.05, 0) is 31.4 Å². The number of nitrogens with zero attached hydrogens (tertiary/aromatic N) is 1. The zero-order chi connectivity index (χ0) is 8.60. The molecule has 2 heteroatoms. The van der Waals surface area contributed by atoms with Crippen molar-refractivity contribution in [2.24, 2.45) is 5.73 Å². The number of rotatable bonds is 2. The van der Waals surface area contributed by atoms with E-state index in [0.29, 0.717) is 0 Å². The molecule has 0 aromatic carbocycles. The summed E-state index contributed by atoms with van der Waals surface area (Å²) in [4.78, 5) is 4.32. The lowest BCUT2D eigenvalue weighted by Gasteiger charge is -2.09. The van der Waals surface area contributed by atoms with Gasteiger partial charge in [-0.3, -0.25) is 4.98 Å². The Morgan fingerprint density at radius 1 is 1.58 bits per heavy atom. The third kappa shape index (κ3) is 1.48. The Bertz CT molecular complexity index is 290. The number of hydrogen-bond donors (Lipinski definition) is 1. The van der Waals surface area contributed by atoms with Gasteiger partial charge >= 0.3 is 0 Å². The average Bonchev–Trinajstić information content (AvgIpc) is 2.74. The van der Waals surface area contributed by atoms with Gasteiger partial charge in [-0.25, -0.2) is 0 Å². The fourth-order valence-corrected chi connectivity index (χ4v) is 1.37. The van der Waals surface area contributed by atoms with Crippen LogP contribution in [0, 0.1) is 6.92 Å². The highest BCUT2D eigenvalue weighted by molar-refractivity contribution is 5.22. The second kappa shape index (κ2) is 2.56. The van der Waals surface area contributed by atoms with Crippen molar-refractivity contribution in [2.75, 3.05) is 0 Å². The molecule has 0 amide bonds. The molecular formula is C10H14N2. The molecule has 0 unspecified atom stereocenters. The van der Waals surface area contributed by atoms with Crippen molar-refractivity contribution in [3.8, 4) is 0 Å². The van der Waals surface area contributed by atoms with Crippen molar-refractivity contribution in [3.63, 3.8) is 0 Å². The molecule has 0 aliphatic heterocycles. The summed E-state index contributed by atoms with van der Waals surface area (Å²) in [6.07, 6.45) is 5.10. The molecule has 1 heterocycles. The zero-order valence-corrected chi connectivity index (χ0v) is 7.38. The van der Waals surface area contributed by atoms with Crippen LogP contribution in [-0.2, 0) is 6.42 Å². The summed E-state index contributed by atoms with van der Waals surface area (Å²) < 4.78 is 0. The quantitative estimate of drug-likeness (QED) is 0.714. The highest BCUT2D eigenvalue weighted by atomic mass is 14.8. The predicted octanol–water partition coefficient (Wildman–Crippen LogP) is 1.42. The first kappa shape index (κ1) is 7.74. The lowest BCUT2D eigenvalue weighted by molar-refractivity contribution is 0.656.